The summed E-state index contributed by atoms with van der Waals surface area (Å²) in [7, 11) is 0. The van der Waals surface area contributed by atoms with E-state index in [4.69, 9.17) is 0 Å². The Hall–Kier alpha value is -4.36. The Kier molecular flexibility index (Phi) is 5.08. The molecule has 1 aromatic carbocycles. The zero-order valence-electron chi connectivity index (χ0n) is 18.7. The van der Waals surface area contributed by atoms with Gasteiger partial charge in [0.25, 0.3) is 0 Å². The minimum Gasteiger partial charge on any atom is -0.338 e. The monoisotopic (exact) mass is 445 g/mol. The van der Waals surface area contributed by atoms with Gasteiger partial charge >= 0.3 is 0 Å². The molecule has 0 aliphatic carbocycles. The first-order valence-corrected chi connectivity index (χ1v) is 11.3. The summed E-state index contributed by atoms with van der Waals surface area (Å²) in [5.74, 6) is 0. The van der Waals surface area contributed by atoms with Crippen molar-refractivity contribution in [3.63, 3.8) is 0 Å². The summed E-state index contributed by atoms with van der Waals surface area (Å²) in [6.45, 7) is 3.83. The SMILES string of the molecule is CCNCc1cncc(-c2ccc3[nH]nc(-c4cc5c(-c6ccncc6)ccnc5[nH]4)c3c2)c1. The maximum atomic E-state index is 4.64. The maximum absolute atomic E-state index is 4.64. The van der Waals surface area contributed by atoms with Gasteiger partial charge in [-0.25, -0.2) is 4.98 Å². The van der Waals surface area contributed by atoms with Crippen LogP contribution in [0.5, 0.6) is 0 Å². The number of nitrogens with zero attached hydrogens (tertiary/aromatic N) is 4. The van der Waals surface area contributed by atoms with Crippen LogP contribution in [0.2, 0.25) is 0 Å². The quantitative estimate of drug-likeness (QED) is 0.322. The third-order valence-electron chi connectivity index (χ3n) is 6.05. The molecule has 0 atom stereocenters. The molecule has 34 heavy (non-hydrogen) atoms. The molecule has 5 heterocycles. The van der Waals surface area contributed by atoms with Crippen molar-refractivity contribution in [3.8, 4) is 33.6 Å². The molecular formula is C27H23N7. The van der Waals surface area contributed by atoms with E-state index >= 15 is 0 Å². The molecule has 3 N–H and O–H groups in total. The highest BCUT2D eigenvalue weighted by Crippen LogP contribution is 2.34. The second-order valence-corrected chi connectivity index (χ2v) is 8.23. The molecule has 0 aliphatic heterocycles. The van der Waals surface area contributed by atoms with Crippen LogP contribution in [0, 0.1) is 0 Å². The molecule has 0 amide bonds. The van der Waals surface area contributed by atoms with E-state index in [1.807, 2.05) is 36.8 Å². The lowest BCUT2D eigenvalue weighted by Crippen LogP contribution is -2.11. The van der Waals surface area contributed by atoms with Crippen LogP contribution in [0.3, 0.4) is 0 Å². The summed E-state index contributed by atoms with van der Waals surface area (Å²) in [5.41, 5.74) is 9.17. The number of H-pyrrole nitrogens is 2. The zero-order valence-corrected chi connectivity index (χ0v) is 18.7. The number of rotatable bonds is 6. The first kappa shape index (κ1) is 20.3. The summed E-state index contributed by atoms with van der Waals surface area (Å²) in [5, 5.41) is 13.3. The summed E-state index contributed by atoms with van der Waals surface area (Å²) >= 11 is 0. The van der Waals surface area contributed by atoms with Crippen LogP contribution < -0.4 is 5.32 Å². The van der Waals surface area contributed by atoms with Gasteiger partial charge in [0.05, 0.1) is 11.2 Å². The van der Waals surface area contributed by atoms with E-state index in [1.165, 1.54) is 0 Å². The van der Waals surface area contributed by atoms with E-state index in [-0.39, 0.29) is 0 Å². The molecule has 7 nitrogen and oxygen atoms in total. The van der Waals surface area contributed by atoms with Crippen LogP contribution in [0.25, 0.3) is 55.6 Å². The average Bonchev–Trinajstić information content (AvgIpc) is 3.51. The number of benzene rings is 1. The molecular weight excluding hydrogens is 422 g/mol. The minimum absolute atomic E-state index is 0.804. The van der Waals surface area contributed by atoms with Crippen molar-refractivity contribution >= 4 is 21.9 Å². The van der Waals surface area contributed by atoms with Crippen LogP contribution in [0.4, 0.5) is 0 Å². The van der Waals surface area contributed by atoms with Gasteiger partial charge in [-0.1, -0.05) is 13.0 Å². The fraction of sp³-hybridized carbons (Fsp3) is 0.111. The number of hydrogen-bond acceptors (Lipinski definition) is 5. The standard InChI is InChI=1S/C27H23N7/c1-2-28-14-17-11-20(16-30-15-17)19-3-4-24-23(12-19)26(34-33-24)25-13-22-21(7-10-31-27(22)32-25)18-5-8-29-9-6-18/h3-13,15-16,28H,2,14H2,1H3,(H,31,32)(H,33,34). The third kappa shape index (κ3) is 3.62. The van der Waals surface area contributed by atoms with Crippen LogP contribution in [-0.4, -0.2) is 36.7 Å². The summed E-state index contributed by atoms with van der Waals surface area (Å²) in [6.07, 6.45) is 9.25. The molecule has 6 rings (SSSR count). The number of aromatic nitrogens is 6. The molecule has 0 saturated carbocycles. The van der Waals surface area contributed by atoms with Gasteiger partial charge in [0.15, 0.2) is 0 Å². The number of nitrogens with one attached hydrogen (secondary N) is 3. The Bertz CT molecular complexity index is 1600. The highest BCUT2D eigenvalue weighted by atomic mass is 15.1. The molecule has 0 radical (unpaired) electrons. The maximum Gasteiger partial charge on any atom is 0.138 e. The molecule has 0 spiro atoms. The summed E-state index contributed by atoms with van der Waals surface area (Å²) < 4.78 is 0. The zero-order chi connectivity index (χ0) is 22.9. The van der Waals surface area contributed by atoms with Crippen LogP contribution in [0.15, 0.2) is 79.5 Å². The molecule has 166 valence electrons. The van der Waals surface area contributed by atoms with Gasteiger partial charge in [0.1, 0.15) is 11.3 Å². The molecule has 0 fully saturated rings. The second kappa shape index (κ2) is 8.53. The van der Waals surface area contributed by atoms with E-state index < -0.39 is 0 Å². The first-order chi connectivity index (χ1) is 16.8. The summed E-state index contributed by atoms with van der Waals surface area (Å²) in [6, 6.07) is 16.7. The Morgan fingerprint density at radius 3 is 2.62 bits per heavy atom. The second-order valence-electron chi connectivity index (χ2n) is 8.23. The van der Waals surface area contributed by atoms with E-state index in [2.05, 4.69) is 72.7 Å². The number of aromatic amines is 2. The topological polar surface area (TPSA) is 95.2 Å². The van der Waals surface area contributed by atoms with E-state index in [9.17, 15) is 0 Å². The Morgan fingerprint density at radius 2 is 1.74 bits per heavy atom. The Morgan fingerprint density at radius 1 is 0.824 bits per heavy atom. The largest absolute Gasteiger partial charge is 0.338 e. The van der Waals surface area contributed by atoms with E-state index in [0.717, 1.165) is 74.2 Å². The lowest BCUT2D eigenvalue weighted by atomic mass is 10.0. The normalized spacial score (nSPS) is 11.4. The van der Waals surface area contributed by atoms with Gasteiger partial charge in [-0.05, 0) is 71.3 Å². The van der Waals surface area contributed by atoms with Gasteiger partial charge in [-0.15, -0.1) is 0 Å². The lowest BCUT2D eigenvalue weighted by molar-refractivity contribution is 0.724. The van der Waals surface area contributed by atoms with Gasteiger partial charge in [-0.2, -0.15) is 5.10 Å². The van der Waals surface area contributed by atoms with Gasteiger partial charge in [0.2, 0.25) is 0 Å². The van der Waals surface area contributed by atoms with Crippen molar-refractivity contribution in [2.45, 2.75) is 13.5 Å². The van der Waals surface area contributed by atoms with Crippen molar-refractivity contribution in [2.24, 2.45) is 0 Å². The summed E-state index contributed by atoms with van der Waals surface area (Å²) in [4.78, 5) is 16.6. The first-order valence-electron chi connectivity index (χ1n) is 11.3. The Labute approximate surface area is 196 Å². The van der Waals surface area contributed by atoms with Crippen LogP contribution >= 0.6 is 0 Å². The fourth-order valence-corrected chi connectivity index (χ4v) is 4.35. The predicted octanol–water partition coefficient (Wildman–Crippen LogP) is 5.34. The minimum atomic E-state index is 0.804. The van der Waals surface area contributed by atoms with E-state index in [0.29, 0.717) is 0 Å². The molecule has 0 saturated heterocycles. The van der Waals surface area contributed by atoms with Crippen molar-refractivity contribution in [1.29, 1.82) is 0 Å². The van der Waals surface area contributed by atoms with Gasteiger partial charge in [-0.3, -0.25) is 15.1 Å². The highest BCUT2D eigenvalue weighted by molar-refractivity contribution is 6.00. The predicted molar refractivity (Wildman–Crippen MR) is 135 cm³/mol. The van der Waals surface area contributed by atoms with Crippen LogP contribution in [0.1, 0.15) is 12.5 Å². The fourth-order valence-electron chi connectivity index (χ4n) is 4.35. The van der Waals surface area contributed by atoms with Crippen molar-refractivity contribution < 1.29 is 0 Å². The third-order valence-corrected chi connectivity index (χ3v) is 6.05. The number of pyridine rings is 3. The molecule has 0 aliphatic rings. The lowest BCUT2D eigenvalue weighted by Gasteiger charge is -2.06. The van der Waals surface area contributed by atoms with Crippen molar-refractivity contribution in [3.05, 3.63) is 85.1 Å². The van der Waals surface area contributed by atoms with E-state index in [1.54, 1.807) is 12.4 Å². The molecule has 6 aromatic rings. The van der Waals surface area contributed by atoms with Crippen molar-refractivity contribution in [2.75, 3.05) is 6.54 Å². The average molecular weight is 446 g/mol. The smallest absolute Gasteiger partial charge is 0.138 e. The Balaban J connectivity index is 1.44. The molecule has 7 heteroatoms. The number of fused-ring (bicyclic) bond motifs is 2. The molecule has 0 unspecified atom stereocenters. The molecule has 0 bridgehead atoms. The number of hydrogen-bond donors (Lipinski definition) is 3. The van der Waals surface area contributed by atoms with Crippen molar-refractivity contribution in [1.82, 2.24) is 35.5 Å². The van der Waals surface area contributed by atoms with Gasteiger partial charge < -0.3 is 10.3 Å². The van der Waals surface area contributed by atoms with Gasteiger partial charge in [0, 0.05) is 53.9 Å². The highest BCUT2D eigenvalue weighted by Gasteiger charge is 2.15. The van der Waals surface area contributed by atoms with Crippen LogP contribution in [-0.2, 0) is 6.54 Å². The molecule has 5 aromatic heterocycles.